The molecule has 2 aliphatic rings. The minimum absolute atomic E-state index is 0.0338. The first-order valence-corrected chi connectivity index (χ1v) is 8.67. The number of piperidine rings is 1. The molecular formula is C17H27N5O. The van der Waals surface area contributed by atoms with E-state index >= 15 is 0 Å². The molecule has 0 bridgehead atoms. The van der Waals surface area contributed by atoms with Gasteiger partial charge in [0.25, 0.3) is 0 Å². The monoisotopic (exact) mass is 317 g/mol. The Morgan fingerprint density at radius 2 is 2.13 bits per heavy atom. The van der Waals surface area contributed by atoms with Crippen molar-refractivity contribution in [2.24, 2.45) is 0 Å². The summed E-state index contributed by atoms with van der Waals surface area (Å²) >= 11 is 0. The highest BCUT2D eigenvalue weighted by atomic mass is 16.1. The summed E-state index contributed by atoms with van der Waals surface area (Å²) in [6.07, 6.45) is 4.42. The Morgan fingerprint density at radius 1 is 1.30 bits per heavy atom. The van der Waals surface area contributed by atoms with Gasteiger partial charge in [0, 0.05) is 29.8 Å². The molecule has 3 rings (SSSR count). The Morgan fingerprint density at radius 3 is 2.87 bits per heavy atom. The third-order valence-corrected chi connectivity index (χ3v) is 4.62. The molecule has 0 spiro atoms. The number of carbonyl (C=O) groups excluding carboxylic acids is 1. The number of amides is 1. The lowest BCUT2D eigenvalue weighted by atomic mass is 9.94. The third-order valence-electron chi connectivity index (χ3n) is 4.62. The third kappa shape index (κ3) is 4.73. The molecule has 0 aliphatic carbocycles. The maximum atomic E-state index is 12.1. The van der Waals surface area contributed by atoms with E-state index in [0.29, 0.717) is 24.8 Å². The van der Waals surface area contributed by atoms with Crippen LogP contribution in [0.2, 0.25) is 0 Å². The highest BCUT2D eigenvalue weighted by Crippen LogP contribution is 2.23. The average molecular weight is 317 g/mol. The standard InChI is InChI=1S/C17H27N5O/c1-12-11-16(22-21-12)20-17(23)6-5-14-3-2-4-15(19-14)13-7-9-18-10-8-13/h2-4,12-13,16,18,21-22H,5-11H2,1H3,(H,20,23). The Balaban J connectivity index is 1.48. The summed E-state index contributed by atoms with van der Waals surface area (Å²) in [6, 6.07) is 6.61. The highest BCUT2D eigenvalue weighted by Gasteiger charge is 2.21. The number of rotatable bonds is 5. The molecule has 6 heteroatoms. The summed E-state index contributed by atoms with van der Waals surface area (Å²) in [5.41, 5.74) is 8.39. The van der Waals surface area contributed by atoms with E-state index in [4.69, 9.17) is 4.98 Å². The topological polar surface area (TPSA) is 78.1 Å². The van der Waals surface area contributed by atoms with Crippen molar-refractivity contribution in [2.45, 2.75) is 57.2 Å². The van der Waals surface area contributed by atoms with Crippen LogP contribution in [0.25, 0.3) is 0 Å². The number of pyridine rings is 1. The van der Waals surface area contributed by atoms with Gasteiger partial charge < -0.3 is 10.6 Å². The molecule has 4 N–H and O–H groups in total. The molecule has 0 radical (unpaired) electrons. The predicted molar refractivity (Wildman–Crippen MR) is 89.7 cm³/mol. The van der Waals surface area contributed by atoms with Crippen molar-refractivity contribution in [1.82, 2.24) is 26.5 Å². The lowest BCUT2D eigenvalue weighted by molar-refractivity contribution is -0.121. The summed E-state index contributed by atoms with van der Waals surface area (Å²) in [5.74, 6) is 0.632. The van der Waals surface area contributed by atoms with E-state index in [9.17, 15) is 4.79 Å². The number of hydrogen-bond donors (Lipinski definition) is 4. The van der Waals surface area contributed by atoms with E-state index in [1.165, 1.54) is 5.69 Å². The van der Waals surface area contributed by atoms with Gasteiger partial charge in [0.2, 0.25) is 5.91 Å². The second kappa shape index (κ2) is 7.86. The molecule has 126 valence electrons. The molecule has 6 nitrogen and oxygen atoms in total. The second-order valence-corrected chi connectivity index (χ2v) is 6.62. The Kier molecular flexibility index (Phi) is 5.59. The zero-order chi connectivity index (χ0) is 16.1. The largest absolute Gasteiger partial charge is 0.339 e. The molecule has 2 fully saturated rings. The molecule has 0 saturated carbocycles. The fraction of sp³-hybridized carbons (Fsp3) is 0.647. The normalized spacial score (nSPS) is 25.4. The van der Waals surface area contributed by atoms with Crippen molar-refractivity contribution in [1.29, 1.82) is 0 Å². The fourth-order valence-electron chi connectivity index (χ4n) is 3.30. The first kappa shape index (κ1) is 16.4. The molecule has 0 aromatic carbocycles. The van der Waals surface area contributed by atoms with E-state index < -0.39 is 0 Å². The minimum atomic E-state index is 0.0338. The second-order valence-electron chi connectivity index (χ2n) is 6.62. The van der Waals surface area contributed by atoms with Crippen LogP contribution in [0.1, 0.15) is 49.9 Å². The smallest absolute Gasteiger partial charge is 0.221 e. The van der Waals surface area contributed by atoms with Gasteiger partial charge >= 0.3 is 0 Å². The van der Waals surface area contributed by atoms with Crippen molar-refractivity contribution >= 4 is 5.91 Å². The van der Waals surface area contributed by atoms with E-state index in [-0.39, 0.29) is 12.1 Å². The Bertz CT molecular complexity index is 529. The van der Waals surface area contributed by atoms with Crippen LogP contribution < -0.4 is 21.5 Å². The first-order chi connectivity index (χ1) is 11.2. The van der Waals surface area contributed by atoms with Crippen molar-refractivity contribution < 1.29 is 4.79 Å². The van der Waals surface area contributed by atoms with Crippen molar-refractivity contribution in [2.75, 3.05) is 13.1 Å². The van der Waals surface area contributed by atoms with Crippen LogP contribution in [0.5, 0.6) is 0 Å². The van der Waals surface area contributed by atoms with Crippen LogP contribution in [0.15, 0.2) is 18.2 Å². The van der Waals surface area contributed by atoms with Crippen molar-refractivity contribution in [3.05, 3.63) is 29.6 Å². The van der Waals surface area contributed by atoms with Gasteiger partial charge in [0.1, 0.15) is 0 Å². The average Bonchev–Trinajstić information content (AvgIpc) is 2.99. The summed E-state index contributed by atoms with van der Waals surface area (Å²) in [4.78, 5) is 16.8. The lowest BCUT2D eigenvalue weighted by Gasteiger charge is -2.22. The van der Waals surface area contributed by atoms with Crippen LogP contribution in [0.4, 0.5) is 0 Å². The molecule has 2 aliphatic heterocycles. The van der Waals surface area contributed by atoms with E-state index in [0.717, 1.165) is 38.0 Å². The van der Waals surface area contributed by atoms with E-state index in [1.54, 1.807) is 0 Å². The van der Waals surface area contributed by atoms with Gasteiger partial charge in [0.15, 0.2) is 0 Å². The molecule has 1 amide bonds. The summed E-state index contributed by atoms with van der Waals surface area (Å²) in [5, 5.41) is 6.39. The summed E-state index contributed by atoms with van der Waals surface area (Å²) in [6.45, 7) is 4.23. The fourth-order valence-corrected chi connectivity index (χ4v) is 3.30. The zero-order valence-electron chi connectivity index (χ0n) is 13.8. The predicted octanol–water partition coefficient (Wildman–Crippen LogP) is 0.810. The van der Waals surface area contributed by atoms with Crippen LogP contribution in [0.3, 0.4) is 0 Å². The number of nitrogens with zero attached hydrogens (tertiary/aromatic N) is 1. The summed E-state index contributed by atoms with van der Waals surface area (Å²) < 4.78 is 0. The number of aryl methyl sites for hydroxylation is 1. The van der Waals surface area contributed by atoms with Gasteiger partial charge in [-0.05, 0) is 57.8 Å². The van der Waals surface area contributed by atoms with E-state index in [1.807, 2.05) is 6.07 Å². The summed E-state index contributed by atoms with van der Waals surface area (Å²) in [7, 11) is 0. The Hall–Kier alpha value is -1.50. The van der Waals surface area contributed by atoms with Gasteiger partial charge in [-0.3, -0.25) is 15.2 Å². The van der Waals surface area contributed by atoms with Gasteiger partial charge in [-0.15, -0.1) is 0 Å². The molecular weight excluding hydrogens is 290 g/mol. The quantitative estimate of drug-likeness (QED) is 0.646. The molecule has 1 aromatic heterocycles. The molecule has 2 unspecified atom stereocenters. The number of carbonyl (C=O) groups is 1. The SMILES string of the molecule is CC1CC(NC(=O)CCc2cccc(C3CCNCC3)n2)NN1. The molecule has 23 heavy (non-hydrogen) atoms. The molecule has 2 saturated heterocycles. The molecule has 3 heterocycles. The van der Waals surface area contributed by atoms with Gasteiger partial charge in [-0.2, -0.15) is 0 Å². The van der Waals surface area contributed by atoms with Crippen LogP contribution in [-0.4, -0.2) is 36.2 Å². The van der Waals surface area contributed by atoms with Crippen LogP contribution in [0, 0.1) is 0 Å². The maximum Gasteiger partial charge on any atom is 0.221 e. The van der Waals surface area contributed by atoms with Gasteiger partial charge in [-0.1, -0.05) is 6.07 Å². The molecule has 1 aromatic rings. The Labute approximate surface area is 137 Å². The molecule has 2 atom stereocenters. The lowest BCUT2D eigenvalue weighted by Crippen LogP contribution is -2.44. The number of hydrazine groups is 1. The van der Waals surface area contributed by atoms with Crippen molar-refractivity contribution in [3.63, 3.8) is 0 Å². The maximum absolute atomic E-state index is 12.1. The van der Waals surface area contributed by atoms with Crippen LogP contribution >= 0.6 is 0 Å². The highest BCUT2D eigenvalue weighted by molar-refractivity contribution is 5.76. The number of aromatic nitrogens is 1. The van der Waals surface area contributed by atoms with Gasteiger partial charge in [0.05, 0.1) is 6.17 Å². The van der Waals surface area contributed by atoms with Crippen LogP contribution in [-0.2, 0) is 11.2 Å². The van der Waals surface area contributed by atoms with E-state index in [2.05, 4.69) is 40.5 Å². The first-order valence-electron chi connectivity index (χ1n) is 8.67. The number of hydrogen-bond acceptors (Lipinski definition) is 5. The van der Waals surface area contributed by atoms with Gasteiger partial charge in [-0.25, -0.2) is 5.43 Å². The van der Waals surface area contributed by atoms with Crippen molar-refractivity contribution in [3.8, 4) is 0 Å². The minimum Gasteiger partial charge on any atom is -0.339 e. The zero-order valence-corrected chi connectivity index (χ0v) is 13.8. The number of nitrogens with one attached hydrogen (secondary N) is 4.